The number of furan rings is 1. The molecule has 0 atom stereocenters. The molecule has 132 valence electrons. The van der Waals surface area contributed by atoms with E-state index in [-0.39, 0.29) is 5.76 Å². The first-order chi connectivity index (χ1) is 13.3. The minimum Gasteiger partial charge on any atom is -0.459 e. The first-order valence-corrected chi connectivity index (χ1v) is 8.23. The Morgan fingerprint density at radius 1 is 1.07 bits per heavy atom. The van der Waals surface area contributed by atoms with Crippen molar-refractivity contribution >= 4 is 12.1 Å². The minimum atomic E-state index is -0.419. The van der Waals surface area contributed by atoms with Gasteiger partial charge in [0, 0.05) is 29.7 Å². The normalized spacial score (nSPS) is 11.0. The first kappa shape index (κ1) is 16.5. The monoisotopic (exact) mass is 357 g/mol. The zero-order chi connectivity index (χ0) is 18.5. The summed E-state index contributed by atoms with van der Waals surface area (Å²) in [5.74, 6) is -0.223. The van der Waals surface area contributed by atoms with Crippen LogP contribution in [-0.4, -0.2) is 26.9 Å². The molecule has 0 bridgehead atoms. The van der Waals surface area contributed by atoms with Crippen molar-refractivity contribution in [3.63, 3.8) is 0 Å². The number of nitrogens with zero attached hydrogens (tertiary/aromatic N) is 4. The van der Waals surface area contributed by atoms with E-state index in [0.717, 1.165) is 22.5 Å². The Morgan fingerprint density at radius 3 is 2.63 bits per heavy atom. The molecule has 1 aromatic carbocycles. The fourth-order valence-corrected chi connectivity index (χ4v) is 2.55. The topological polar surface area (TPSA) is 85.3 Å². The summed E-state index contributed by atoms with van der Waals surface area (Å²) in [5, 5.41) is 8.70. The second-order valence-corrected chi connectivity index (χ2v) is 5.63. The van der Waals surface area contributed by atoms with Gasteiger partial charge in [0.25, 0.3) is 0 Å². The number of carbonyl (C=O) groups excluding carboxylic acids is 1. The van der Waals surface area contributed by atoms with Crippen molar-refractivity contribution in [2.24, 2.45) is 5.10 Å². The lowest BCUT2D eigenvalue weighted by Crippen LogP contribution is -2.16. The van der Waals surface area contributed by atoms with Crippen LogP contribution in [0.25, 0.3) is 16.9 Å². The van der Waals surface area contributed by atoms with E-state index >= 15 is 0 Å². The average Bonchev–Trinajstić information content (AvgIpc) is 3.40. The molecule has 0 aliphatic rings. The third kappa shape index (κ3) is 3.67. The second kappa shape index (κ2) is 7.49. The number of hydrogen-bond donors (Lipinski definition) is 1. The maximum Gasteiger partial charge on any atom is 0.307 e. The van der Waals surface area contributed by atoms with E-state index in [1.54, 1.807) is 35.4 Å². The summed E-state index contributed by atoms with van der Waals surface area (Å²) < 4.78 is 6.81. The van der Waals surface area contributed by atoms with E-state index in [4.69, 9.17) is 4.42 Å². The zero-order valence-electron chi connectivity index (χ0n) is 14.2. The Bertz CT molecular complexity index is 1050. The number of rotatable bonds is 5. The summed E-state index contributed by atoms with van der Waals surface area (Å²) in [6, 6.07) is 16.7. The predicted molar refractivity (Wildman–Crippen MR) is 101 cm³/mol. The number of aromatic nitrogens is 3. The van der Waals surface area contributed by atoms with Gasteiger partial charge in [-0.2, -0.15) is 10.2 Å². The van der Waals surface area contributed by atoms with Crippen molar-refractivity contribution in [2.45, 2.75) is 0 Å². The van der Waals surface area contributed by atoms with Gasteiger partial charge in [-0.25, -0.2) is 10.1 Å². The van der Waals surface area contributed by atoms with Gasteiger partial charge in [-0.1, -0.05) is 18.2 Å². The molecule has 0 saturated carbocycles. The van der Waals surface area contributed by atoms with Gasteiger partial charge in [-0.05, 0) is 36.4 Å². The van der Waals surface area contributed by atoms with Crippen molar-refractivity contribution in [2.75, 3.05) is 0 Å². The van der Waals surface area contributed by atoms with Gasteiger partial charge < -0.3 is 4.42 Å². The van der Waals surface area contributed by atoms with E-state index in [1.165, 1.54) is 6.26 Å². The smallest absolute Gasteiger partial charge is 0.307 e. The third-order valence-electron chi connectivity index (χ3n) is 3.83. The van der Waals surface area contributed by atoms with Crippen LogP contribution in [0.4, 0.5) is 0 Å². The molecule has 0 unspecified atom stereocenters. The van der Waals surface area contributed by atoms with Crippen LogP contribution in [0.15, 0.2) is 89.0 Å². The molecular formula is C20H15N5O2. The lowest BCUT2D eigenvalue weighted by atomic mass is 10.1. The van der Waals surface area contributed by atoms with Crippen molar-refractivity contribution in [3.05, 3.63) is 90.8 Å². The van der Waals surface area contributed by atoms with Crippen LogP contribution in [-0.2, 0) is 0 Å². The molecule has 27 heavy (non-hydrogen) atoms. The Balaban J connectivity index is 1.65. The molecule has 3 aromatic heterocycles. The molecule has 7 heteroatoms. The van der Waals surface area contributed by atoms with Crippen molar-refractivity contribution in [3.8, 4) is 16.9 Å². The van der Waals surface area contributed by atoms with Gasteiger partial charge in [0.05, 0.1) is 18.2 Å². The predicted octanol–water partition coefficient (Wildman–Crippen LogP) is 3.29. The van der Waals surface area contributed by atoms with Gasteiger partial charge in [-0.3, -0.25) is 9.78 Å². The average molecular weight is 357 g/mol. The molecule has 0 aliphatic carbocycles. The van der Waals surface area contributed by atoms with Crippen LogP contribution < -0.4 is 5.43 Å². The SMILES string of the molecule is O=C(N/N=C\c1cn(-c2ccccc2)nc1-c1ccncc1)c1ccco1. The molecular weight excluding hydrogens is 342 g/mol. The highest BCUT2D eigenvalue weighted by atomic mass is 16.3. The van der Waals surface area contributed by atoms with E-state index in [1.807, 2.05) is 48.7 Å². The fraction of sp³-hybridized carbons (Fsp3) is 0. The number of pyridine rings is 1. The first-order valence-electron chi connectivity index (χ1n) is 8.23. The maximum absolute atomic E-state index is 11.9. The highest BCUT2D eigenvalue weighted by molar-refractivity contribution is 5.93. The number of hydrazone groups is 1. The Hall–Kier alpha value is -4.00. The fourth-order valence-electron chi connectivity index (χ4n) is 2.55. The van der Waals surface area contributed by atoms with E-state index in [0.29, 0.717) is 0 Å². The molecule has 7 nitrogen and oxygen atoms in total. The lowest BCUT2D eigenvalue weighted by Gasteiger charge is -2.00. The Labute approximate surface area is 155 Å². The summed E-state index contributed by atoms with van der Waals surface area (Å²) in [6.45, 7) is 0. The third-order valence-corrected chi connectivity index (χ3v) is 3.83. The van der Waals surface area contributed by atoms with Crippen LogP contribution in [0, 0.1) is 0 Å². The number of benzene rings is 1. The van der Waals surface area contributed by atoms with Gasteiger partial charge >= 0.3 is 5.91 Å². The van der Waals surface area contributed by atoms with Crippen LogP contribution in [0.5, 0.6) is 0 Å². The van der Waals surface area contributed by atoms with E-state index in [2.05, 4.69) is 20.6 Å². The van der Waals surface area contributed by atoms with Gasteiger partial charge in [0.1, 0.15) is 5.69 Å². The number of carbonyl (C=O) groups is 1. The van der Waals surface area contributed by atoms with Gasteiger partial charge in [-0.15, -0.1) is 0 Å². The van der Waals surface area contributed by atoms with Crippen LogP contribution in [0.1, 0.15) is 16.1 Å². The number of amides is 1. The summed E-state index contributed by atoms with van der Waals surface area (Å²) in [5.41, 5.74) is 5.76. The number of nitrogens with one attached hydrogen (secondary N) is 1. The molecule has 0 aliphatic heterocycles. The Morgan fingerprint density at radius 2 is 1.89 bits per heavy atom. The highest BCUT2D eigenvalue weighted by Crippen LogP contribution is 2.22. The molecule has 4 rings (SSSR count). The summed E-state index contributed by atoms with van der Waals surface area (Å²) in [6.07, 6.45) is 8.26. The molecule has 1 N–H and O–H groups in total. The van der Waals surface area contributed by atoms with Gasteiger partial charge in [0.2, 0.25) is 0 Å². The van der Waals surface area contributed by atoms with Gasteiger partial charge in [0.15, 0.2) is 5.76 Å². The molecule has 1 amide bonds. The minimum absolute atomic E-state index is 0.196. The number of hydrogen-bond acceptors (Lipinski definition) is 5. The molecule has 0 spiro atoms. The van der Waals surface area contributed by atoms with Crippen molar-refractivity contribution in [1.29, 1.82) is 0 Å². The molecule has 0 saturated heterocycles. The quantitative estimate of drug-likeness (QED) is 0.439. The zero-order valence-corrected chi connectivity index (χ0v) is 14.2. The second-order valence-electron chi connectivity index (χ2n) is 5.63. The standard InChI is InChI=1S/C20H15N5O2/c26-20(18-7-4-12-27-18)23-22-13-16-14-25(17-5-2-1-3-6-17)24-19(16)15-8-10-21-11-9-15/h1-14H,(H,23,26)/b22-13-. The van der Waals surface area contributed by atoms with Crippen molar-refractivity contribution in [1.82, 2.24) is 20.2 Å². The molecule has 0 radical (unpaired) electrons. The maximum atomic E-state index is 11.9. The van der Waals surface area contributed by atoms with E-state index in [9.17, 15) is 4.79 Å². The van der Waals surface area contributed by atoms with Crippen LogP contribution in [0.3, 0.4) is 0 Å². The van der Waals surface area contributed by atoms with E-state index < -0.39 is 5.91 Å². The summed E-state index contributed by atoms with van der Waals surface area (Å²) in [4.78, 5) is 16.0. The number of para-hydroxylation sites is 1. The van der Waals surface area contributed by atoms with Crippen LogP contribution in [0.2, 0.25) is 0 Å². The highest BCUT2D eigenvalue weighted by Gasteiger charge is 2.11. The molecule has 4 aromatic rings. The molecule has 3 heterocycles. The summed E-state index contributed by atoms with van der Waals surface area (Å²) in [7, 11) is 0. The molecule has 0 fully saturated rings. The lowest BCUT2D eigenvalue weighted by molar-refractivity contribution is 0.0927. The Kier molecular flexibility index (Phi) is 4.57. The largest absolute Gasteiger partial charge is 0.459 e. The van der Waals surface area contributed by atoms with Crippen molar-refractivity contribution < 1.29 is 9.21 Å². The summed E-state index contributed by atoms with van der Waals surface area (Å²) >= 11 is 0. The van der Waals surface area contributed by atoms with Crippen LogP contribution >= 0.6 is 0 Å².